The Kier molecular flexibility index (Phi) is 5.36. The molecular formula is C19H13BrF4N2O. The maximum atomic E-state index is 14.8. The third-order valence-electron chi connectivity index (χ3n) is 3.99. The van der Waals surface area contributed by atoms with Gasteiger partial charge in [-0.25, -0.2) is 17.6 Å². The van der Waals surface area contributed by atoms with Gasteiger partial charge in [-0.05, 0) is 35.0 Å². The molecule has 3 nitrogen and oxygen atoms in total. The van der Waals surface area contributed by atoms with Gasteiger partial charge in [-0.15, -0.1) is 0 Å². The Balaban J connectivity index is 1.99. The summed E-state index contributed by atoms with van der Waals surface area (Å²) in [5.74, 6) is -3.44. The summed E-state index contributed by atoms with van der Waals surface area (Å²) in [6, 6.07) is 8.29. The number of nitrogens with one attached hydrogen (secondary N) is 1. The summed E-state index contributed by atoms with van der Waals surface area (Å²) < 4.78 is 56.9. The summed E-state index contributed by atoms with van der Waals surface area (Å²) in [4.78, 5) is 12.0. The van der Waals surface area contributed by atoms with Crippen molar-refractivity contribution in [3.05, 3.63) is 91.8 Å². The van der Waals surface area contributed by atoms with E-state index in [-0.39, 0.29) is 22.3 Å². The molecule has 3 rings (SSSR count). The number of benzene rings is 2. The lowest BCUT2D eigenvalue weighted by Crippen LogP contribution is -2.21. The summed E-state index contributed by atoms with van der Waals surface area (Å²) >= 11 is 3.04. The number of hydrogen-bond donors (Lipinski definition) is 1. The molecule has 0 atom stereocenters. The molecule has 1 N–H and O–H groups in total. The molecule has 0 unspecified atom stereocenters. The molecule has 0 saturated heterocycles. The predicted molar refractivity (Wildman–Crippen MR) is 98.1 cm³/mol. The Labute approximate surface area is 160 Å². The van der Waals surface area contributed by atoms with Crippen LogP contribution in [0.15, 0.2) is 51.7 Å². The molecule has 0 radical (unpaired) electrons. The number of rotatable bonds is 4. The van der Waals surface area contributed by atoms with Gasteiger partial charge in [0, 0.05) is 36.0 Å². The van der Waals surface area contributed by atoms with E-state index in [9.17, 15) is 22.4 Å². The van der Waals surface area contributed by atoms with Gasteiger partial charge in [-0.2, -0.15) is 0 Å². The van der Waals surface area contributed by atoms with Crippen molar-refractivity contribution in [1.82, 2.24) is 4.57 Å². The molecule has 0 fully saturated rings. The minimum atomic E-state index is -0.978. The molecule has 1 aromatic heterocycles. The lowest BCUT2D eigenvalue weighted by molar-refractivity contribution is 0.561. The Morgan fingerprint density at radius 3 is 2.44 bits per heavy atom. The topological polar surface area (TPSA) is 34.0 Å². The van der Waals surface area contributed by atoms with Gasteiger partial charge in [0.05, 0.1) is 10.2 Å². The van der Waals surface area contributed by atoms with Crippen LogP contribution < -0.4 is 10.9 Å². The van der Waals surface area contributed by atoms with Crippen LogP contribution >= 0.6 is 15.9 Å². The molecule has 27 heavy (non-hydrogen) atoms. The van der Waals surface area contributed by atoms with E-state index in [4.69, 9.17) is 0 Å². The fraction of sp³-hybridized carbons (Fsp3) is 0.105. The number of nitrogens with zero attached hydrogens (tertiary/aromatic N) is 1. The predicted octanol–water partition coefficient (Wildman–Crippen LogP) is 5.08. The normalized spacial score (nSPS) is 10.9. The van der Waals surface area contributed by atoms with E-state index < -0.39 is 34.5 Å². The van der Waals surface area contributed by atoms with E-state index >= 15 is 0 Å². The summed E-state index contributed by atoms with van der Waals surface area (Å²) in [6.45, 7) is 1.44. The van der Waals surface area contributed by atoms with Crippen LogP contribution in [0, 0.1) is 30.2 Å². The van der Waals surface area contributed by atoms with Crippen molar-refractivity contribution in [2.45, 2.75) is 13.5 Å². The van der Waals surface area contributed by atoms with E-state index in [1.807, 2.05) is 0 Å². The van der Waals surface area contributed by atoms with Crippen LogP contribution in [0.1, 0.15) is 11.3 Å². The third kappa shape index (κ3) is 3.75. The van der Waals surface area contributed by atoms with Crippen LogP contribution in [0.25, 0.3) is 5.69 Å². The highest BCUT2D eigenvalue weighted by Gasteiger charge is 2.20. The molecule has 3 aromatic rings. The van der Waals surface area contributed by atoms with Crippen LogP contribution in [-0.2, 0) is 6.54 Å². The first kappa shape index (κ1) is 19.2. The van der Waals surface area contributed by atoms with Crippen molar-refractivity contribution in [2.75, 3.05) is 5.32 Å². The number of aryl methyl sites for hydroxylation is 1. The first-order chi connectivity index (χ1) is 12.8. The monoisotopic (exact) mass is 440 g/mol. The molecule has 0 aliphatic heterocycles. The summed E-state index contributed by atoms with van der Waals surface area (Å²) in [5.41, 5.74) is -0.569. The highest BCUT2D eigenvalue weighted by atomic mass is 79.9. The van der Waals surface area contributed by atoms with Crippen molar-refractivity contribution >= 4 is 21.6 Å². The Hall–Kier alpha value is -2.61. The van der Waals surface area contributed by atoms with Crippen LogP contribution in [0.5, 0.6) is 0 Å². The van der Waals surface area contributed by atoms with Crippen molar-refractivity contribution in [3.8, 4) is 5.69 Å². The number of aromatic nitrogens is 1. The van der Waals surface area contributed by atoms with Crippen molar-refractivity contribution < 1.29 is 17.6 Å². The molecule has 0 amide bonds. The van der Waals surface area contributed by atoms with Crippen molar-refractivity contribution in [1.29, 1.82) is 0 Å². The van der Waals surface area contributed by atoms with Gasteiger partial charge in [-0.3, -0.25) is 9.36 Å². The van der Waals surface area contributed by atoms with Crippen LogP contribution in [0.4, 0.5) is 23.2 Å². The van der Waals surface area contributed by atoms with Gasteiger partial charge in [0.15, 0.2) is 11.6 Å². The molecule has 0 aliphatic carbocycles. The Bertz CT molecular complexity index is 1080. The molecule has 1 heterocycles. The van der Waals surface area contributed by atoms with Crippen LogP contribution in [0.2, 0.25) is 0 Å². The standard InChI is InChI=1S/C19H13BrF4N2O/c1-10-3-2-4-16(27)26(10)19-14(23)8-15(17(20)18(19)24)25-9-11-5-6-12(21)7-13(11)22/h2-8,25H,9H2,1H3. The minimum Gasteiger partial charge on any atom is -0.380 e. The van der Waals surface area contributed by atoms with E-state index in [0.29, 0.717) is 5.69 Å². The number of anilines is 1. The first-order valence-corrected chi connectivity index (χ1v) is 8.63. The van der Waals surface area contributed by atoms with Gasteiger partial charge < -0.3 is 5.32 Å². The van der Waals surface area contributed by atoms with E-state index in [0.717, 1.165) is 22.8 Å². The van der Waals surface area contributed by atoms with E-state index in [1.54, 1.807) is 13.0 Å². The second-order valence-corrected chi connectivity index (χ2v) is 6.61. The fourth-order valence-corrected chi connectivity index (χ4v) is 3.10. The molecule has 0 spiro atoms. The fourth-order valence-electron chi connectivity index (χ4n) is 2.65. The molecule has 0 bridgehead atoms. The van der Waals surface area contributed by atoms with Crippen LogP contribution in [0.3, 0.4) is 0 Å². The molecule has 0 aliphatic rings. The minimum absolute atomic E-state index is 0.0270. The zero-order valence-corrected chi connectivity index (χ0v) is 15.6. The Morgan fingerprint density at radius 1 is 1.04 bits per heavy atom. The van der Waals surface area contributed by atoms with E-state index in [1.165, 1.54) is 18.2 Å². The average Bonchev–Trinajstić information content (AvgIpc) is 2.60. The Morgan fingerprint density at radius 2 is 1.78 bits per heavy atom. The SMILES string of the molecule is Cc1cccc(=O)n1-c1c(F)cc(NCc2ccc(F)cc2F)c(Br)c1F. The second kappa shape index (κ2) is 7.56. The molecule has 140 valence electrons. The summed E-state index contributed by atoms with van der Waals surface area (Å²) in [6.07, 6.45) is 0. The zero-order valence-electron chi connectivity index (χ0n) is 14.0. The van der Waals surface area contributed by atoms with Crippen LogP contribution in [-0.4, -0.2) is 4.57 Å². The molecule has 0 saturated carbocycles. The van der Waals surface area contributed by atoms with E-state index in [2.05, 4.69) is 21.2 Å². The molecule has 8 heteroatoms. The van der Waals surface area contributed by atoms with Gasteiger partial charge in [0.1, 0.15) is 17.3 Å². The van der Waals surface area contributed by atoms with Gasteiger partial charge >= 0.3 is 0 Å². The summed E-state index contributed by atoms with van der Waals surface area (Å²) in [5, 5.41) is 2.70. The van der Waals surface area contributed by atoms with Gasteiger partial charge in [-0.1, -0.05) is 12.1 Å². The quantitative estimate of drug-likeness (QED) is 0.453. The highest BCUT2D eigenvalue weighted by Crippen LogP contribution is 2.32. The zero-order chi connectivity index (χ0) is 19.7. The molecular weight excluding hydrogens is 428 g/mol. The van der Waals surface area contributed by atoms with Gasteiger partial charge in [0.2, 0.25) is 0 Å². The lowest BCUT2D eigenvalue weighted by atomic mass is 10.2. The maximum absolute atomic E-state index is 14.8. The second-order valence-electron chi connectivity index (χ2n) is 5.81. The maximum Gasteiger partial charge on any atom is 0.255 e. The third-order valence-corrected chi connectivity index (χ3v) is 4.77. The van der Waals surface area contributed by atoms with Crippen molar-refractivity contribution in [3.63, 3.8) is 0 Å². The number of pyridine rings is 1. The largest absolute Gasteiger partial charge is 0.380 e. The van der Waals surface area contributed by atoms with Gasteiger partial charge in [0.25, 0.3) is 5.56 Å². The average molecular weight is 441 g/mol. The number of halogens is 5. The smallest absolute Gasteiger partial charge is 0.255 e. The van der Waals surface area contributed by atoms with Crippen molar-refractivity contribution in [2.24, 2.45) is 0 Å². The first-order valence-electron chi connectivity index (χ1n) is 7.84. The summed E-state index contributed by atoms with van der Waals surface area (Å²) in [7, 11) is 0. The number of hydrogen-bond acceptors (Lipinski definition) is 2. The highest BCUT2D eigenvalue weighted by molar-refractivity contribution is 9.10. The molecule has 2 aromatic carbocycles. The lowest BCUT2D eigenvalue weighted by Gasteiger charge is -2.16.